The lowest BCUT2D eigenvalue weighted by Crippen LogP contribution is -2.31. The predicted octanol–water partition coefficient (Wildman–Crippen LogP) is 4.06. The molecule has 1 aromatic carbocycles. The van der Waals surface area contributed by atoms with Crippen molar-refractivity contribution in [3.8, 4) is 0 Å². The first-order chi connectivity index (χ1) is 8.95. The molecule has 4 heteroatoms. The molecule has 0 heterocycles. The second-order valence-corrected chi connectivity index (χ2v) is 5.07. The van der Waals surface area contributed by atoms with Crippen molar-refractivity contribution in [2.45, 2.75) is 33.2 Å². The van der Waals surface area contributed by atoms with Crippen molar-refractivity contribution < 1.29 is 9.90 Å². The number of hydrogen-bond donors (Lipinski definition) is 1. The molecule has 19 heavy (non-hydrogen) atoms. The minimum absolute atomic E-state index is 0.399. The Labute approximate surface area is 119 Å². The molecule has 0 amide bonds. The first kappa shape index (κ1) is 15.6. The van der Waals surface area contributed by atoms with Crippen LogP contribution >= 0.6 is 11.6 Å². The maximum atomic E-state index is 10.5. The summed E-state index contributed by atoms with van der Waals surface area (Å²) < 4.78 is 0. The average Bonchev–Trinajstić information content (AvgIpc) is 2.33. The third-order valence-corrected chi connectivity index (χ3v) is 3.14. The third kappa shape index (κ3) is 4.60. The Bertz CT molecular complexity index is 469. The lowest BCUT2D eigenvalue weighted by atomic mass is 10.1. The van der Waals surface area contributed by atoms with E-state index in [1.807, 2.05) is 18.2 Å². The van der Waals surface area contributed by atoms with Crippen LogP contribution in [-0.2, 0) is 4.79 Å². The lowest BCUT2D eigenvalue weighted by molar-refractivity contribution is -0.131. The number of carboxylic acids is 1. The van der Waals surface area contributed by atoms with Crippen molar-refractivity contribution in [3.05, 3.63) is 34.9 Å². The summed E-state index contributed by atoms with van der Waals surface area (Å²) in [6.07, 6.45) is 3.66. The van der Waals surface area contributed by atoms with E-state index in [2.05, 4.69) is 25.7 Å². The molecular weight excluding hydrogens is 262 g/mol. The van der Waals surface area contributed by atoms with E-state index in [0.717, 1.165) is 24.7 Å². The van der Waals surface area contributed by atoms with Crippen molar-refractivity contribution in [3.63, 3.8) is 0 Å². The van der Waals surface area contributed by atoms with Gasteiger partial charge in [-0.2, -0.15) is 0 Å². The number of carboxylic acid groups (broad SMARTS) is 1. The second-order valence-electron chi connectivity index (χ2n) is 4.66. The van der Waals surface area contributed by atoms with Gasteiger partial charge in [-0.3, -0.25) is 0 Å². The molecule has 104 valence electrons. The van der Waals surface area contributed by atoms with E-state index in [4.69, 9.17) is 16.7 Å². The quantitative estimate of drug-likeness (QED) is 0.799. The van der Waals surface area contributed by atoms with Crippen molar-refractivity contribution in [2.24, 2.45) is 0 Å². The monoisotopic (exact) mass is 281 g/mol. The zero-order chi connectivity index (χ0) is 14.4. The van der Waals surface area contributed by atoms with Crippen LogP contribution in [0.4, 0.5) is 5.69 Å². The van der Waals surface area contributed by atoms with Gasteiger partial charge in [0.05, 0.1) is 0 Å². The first-order valence-electron chi connectivity index (χ1n) is 6.43. The Morgan fingerprint density at radius 2 is 2.16 bits per heavy atom. The van der Waals surface area contributed by atoms with Gasteiger partial charge >= 0.3 is 5.97 Å². The van der Waals surface area contributed by atoms with Crippen LogP contribution in [0.1, 0.15) is 32.8 Å². The maximum absolute atomic E-state index is 10.5. The van der Waals surface area contributed by atoms with Crippen molar-refractivity contribution in [1.82, 2.24) is 0 Å². The van der Waals surface area contributed by atoms with E-state index in [-0.39, 0.29) is 0 Å². The fourth-order valence-corrected chi connectivity index (χ4v) is 2.16. The number of hydrogen-bond acceptors (Lipinski definition) is 2. The van der Waals surface area contributed by atoms with Gasteiger partial charge in [0.25, 0.3) is 0 Å². The fraction of sp³-hybridized carbons (Fsp3) is 0.400. The summed E-state index contributed by atoms with van der Waals surface area (Å²) in [7, 11) is 0. The molecule has 1 N–H and O–H groups in total. The number of benzene rings is 1. The number of nitrogens with zero attached hydrogens (tertiary/aromatic N) is 1. The molecule has 0 radical (unpaired) electrons. The van der Waals surface area contributed by atoms with E-state index in [9.17, 15) is 4.79 Å². The molecule has 0 aliphatic rings. The van der Waals surface area contributed by atoms with Crippen molar-refractivity contribution in [2.75, 3.05) is 11.4 Å². The van der Waals surface area contributed by atoms with Crippen LogP contribution in [0.5, 0.6) is 0 Å². The molecule has 0 aliphatic carbocycles. The smallest absolute Gasteiger partial charge is 0.328 e. The van der Waals surface area contributed by atoms with Gasteiger partial charge in [0.15, 0.2) is 0 Å². The van der Waals surface area contributed by atoms with Crippen LogP contribution in [0.2, 0.25) is 5.02 Å². The Morgan fingerprint density at radius 3 is 2.63 bits per heavy atom. The van der Waals surface area contributed by atoms with E-state index in [1.54, 1.807) is 0 Å². The van der Waals surface area contributed by atoms with Crippen LogP contribution in [0.3, 0.4) is 0 Å². The van der Waals surface area contributed by atoms with Gasteiger partial charge < -0.3 is 10.0 Å². The molecular formula is C15H20ClNO2. The normalized spacial score (nSPS) is 11.2. The van der Waals surface area contributed by atoms with E-state index in [1.165, 1.54) is 6.08 Å². The largest absolute Gasteiger partial charge is 0.478 e. The topological polar surface area (TPSA) is 40.5 Å². The highest BCUT2D eigenvalue weighted by molar-refractivity contribution is 6.32. The van der Waals surface area contributed by atoms with Crippen molar-refractivity contribution in [1.29, 1.82) is 0 Å². The number of carbonyl (C=O) groups is 1. The summed E-state index contributed by atoms with van der Waals surface area (Å²) in [5, 5.41) is 9.18. The minimum atomic E-state index is -0.977. The molecule has 3 nitrogen and oxygen atoms in total. The molecule has 0 unspecified atom stereocenters. The Kier molecular flexibility index (Phi) is 5.90. The van der Waals surface area contributed by atoms with Gasteiger partial charge in [0.2, 0.25) is 0 Å². The van der Waals surface area contributed by atoms with Crippen LogP contribution < -0.4 is 4.90 Å². The highest BCUT2D eigenvalue weighted by atomic mass is 35.5. The van der Waals surface area contributed by atoms with Crippen molar-refractivity contribution >= 4 is 29.3 Å². The van der Waals surface area contributed by atoms with Gasteiger partial charge in [-0.15, -0.1) is 0 Å². The highest BCUT2D eigenvalue weighted by Gasteiger charge is 2.10. The van der Waals surface area contributed by atoms with Crippen LogP contribution in [0.15, 0.2) is 24.3 Å². The Balaban J connectivity index is 3.00. The van der Waals surface area contributed by atoms with Gasteiger partial charge in [-0.25, -0.2) is 4.79 Å². The molecule has 0 aliphatic heterocycles. The standard InChI is InChI=1S/C15H20ClNO2/c1-4-9-17(11(2)3)13-7-5-12(14(16)10-13)6-8-15(18)19/h5-8,10-11H,4,9H2,1-3H3,(H,18,19)/b8-6+. The fourth-order valence-electron chi connectivity index (χ4n) is 1.92. The molecule has 0 saturated carbocycles. The van der Waals surface area contributed by atoms with E-state index < -0.39 is 5.97 Å². The molecule has 0 fully saturated rings. The molecule has 1 rings (SSSR count). The molecule has 0 bridgehead atoms. The molecule has 1 aromatic rings. The number of halogens is 1. The summed E-state index contributed by atoms with van der Waals surface area (Å²) >= 11 is 6.19. The average molecular weight is 282 g/mol. The van der Waals surface area contributed by atoms with Crippen LogP contribution in [0.25, 0.3) is 6.08 Å². The van der Waals surface area contributed by atoms with Gasteiger partial charge in [0, 0.05) is 29.4 Å². The first-order valence-corrected chi connectivity index (χ1v) is 6.80. The highest BCUT2D eigenvalue weighted by Crippen LogP contribution is 2.26. The SMILES string of the molecule is CCCN(c1ccc(/C=C/C(=O)O)c(Cl)c1)C(C)C. The molecule has 0 atom stereocenters. The number of rotatable bonds is 6. The van der Waals surface area contributed by atoms with E-state index in [0.29, 0.717) is 16.6 Å². The summed E-state index contributed by atoms with van der Waals surface area (Å²) in [6.45, 7) is 7.39. The summed E-state index contributed by atoms with van der Waals surface area (Å²) in [5.41, 5.74) is 1.78. The summed E-state index contributed by atoms with van der Waals surface area (Å²) in [5.74, 6) is -0.977. The third-order valence-electron chi connectivity index (χ3n) is 2.81. The minimum Gasteiger partial charge on any atom is -0.478 e. The second kappa shape index (κ2) is 7.19. The lowest BCUT2D eigenvalue weighted by Gasteiger charge is -2.29. The van der Waals surface area contributed by atoms with E-state index >= 15 is 0 Å². The van der Waals surface area contributed by atoms with Gasteiger partial charge in [-0.1, -0.05) is 24.6 Å². The van der Waals surface area contributed by atoms with Crippen LogP contribution in [0, 0.1) is 0 Å². The number of aliphatic carboxylic acids is 1. The zero-order valence-corrected chi connectivity index (χ0v) is 12.3. The Hall–Kier alpha value is -1.48. The predicted molar refractivity (Wildman–Crippen MR) is 80.9 cm³/mol. The zero-order valence-electron chi connectivity index (χ0n) is 11.6. The molecule has 0 aromatic heterocycles. The summed E-state index contributed by atoms with van der Waals surface area (Å²) in [6, 6.07) is 6.11. The Morgan fingerprint density at radius 1 is 1.47 bits per heavy atom. The van der Waals surface area contributed by atoms with Gasteiger partial charge in [-0.05, 0) is 44.0 Å². The number of anilines is 1. The van der Waals surface area contributed by atoms with Gasteiger partial charge in [0.1, 0.15) is 0 Å². The maximum Gasteiger partial charge on any atom is 0.328 e. The molecule has 0 saturated heterocycles. The molecule has 0 spiro atoms. The van der Waals surface area contributed by atoms with Crippen LogP contribution in [-0.4, -0.2) is 23.7 Å². The summed E-state index contributed by atoms with van der Waals surface area (Å²) in [4.78, 5) is 12.8.